The molecule has 0 aliphatic heterocycles. The molecule has 2 aromatic carbocycles. The van der Waals surface area contributed by atoms with E-state index in [1.54, 1.807) is 24.3 Å². The van der Waals surface area contributed by atoms with E-state index in [2.05, 4.69) is 10.6 Å². The van der Waals surface area contributed by atoms with Gasteiger partial charge in [0.2, 0.25) is 5.91 Å². The number of carbonyl (C=O) groups is 2. The Morgan fingerprint density at radius 3 is 2.48 bits per heavy atom. The second-order valence-corrected chi connectivity index (χ2v) is 6.73. The van der Waals surface area contributed by atoms with E-state index in [9.17, 15) is 9.59 Å². The normalized spacial score (nSPS) is 9.90. The first kappa shape index (κ1) is 22.1. The number of ether oxygens (including phenoxy) is 1. The number of rotatable bonds is 9. The molecule has 0 heterocycles. The van der Waals surface area contributed by atoms with Gasteiger partial charge in [0.1, 0.15) is 6.07 Å². The van der Waals surface area contributed by atoms with Crippen LogP contribution in [0.2, 0.25) is 0 Å². The first-order valence-corrected chi connectivity index (χ1v) is 9.79. The number of hydrogen-bond donors (Lipinski definition) is 2. The van der Waals surface area contributed by atoms with E-state index in [1.165, 1.54) is 5.56 Å². The summed E-state index contributed by atoms with van der Waals surface area (Å²) in [6.45, 7) is 0.367. The minimum absolute atomic E-state index is 0.112. The van der Waals surface area contributed by atoms with Crippen LogP contribution >= 0.6 is 12.2 Å². The fourth-order valence-electron chi connectivity index (χ4n) is 2.60. The highest BCUT2D eigenvalue weighted by Crippen LogP contribution is 2.13. The number of amides is 1. The number of hydrogen-bond acceptors (Lipinski definition) is 5. The van der Waals surface area contributed by atoms with Crippen LogP contribution in [0.1, 0.15) is 36.8 Å². The molecule has 7 heteroatoms. The van der Waals surface area contributed by atoms with Crippen molar-refractivity contribution in [3.63, 3.8) is 0 Å². The van der Waals surface area contributed by atoms with E-state index in [0.717, 1.165) is 12.8 Å². The van der Waals surface area contributed by atoms with Gasteiger partial charge in [-0.05, 0) is 49.2 Å². The van der Waals surface area contributed by atoms with Crippen molar-refractivity contribution in [1.82, 2.24) is 5.32 Å². The highest BCUT2D eigenvalue weighted by Gasteiger charge is 2.09. The summed E-state index contributed by atoms with van der Waals surface area (Å²) in [6, 6.07) is 18.9. The highest BCUT2D eigenvalue weighted by molar-refractivity contribution is 7.80. The van der Waals surface area contributed by atoms with Gasteiger partial charge in [-0.15, -0.1) is 0 Å². The summed E-state index contributed by atoms with van der Waals surface area (Å²) in [5.74, 6) is -0.608. The Balaban J connectivity index is 1.58. The molecule has 0 bridgehead atoms. The van der Waals surface area contributed by atoms with Gasteiger partial charge in [-0.25, -0.2) is 0 Å². The number of para-hydroxylation sites is 1. The molecule has 0 fully saturated rings. The van der Waals surface area contributed by atoms with E-state index < -0.39 is 0 Å². The lowest BCUT2D eigenvalue weighted by molar-refractivity contribution is -0.143. The van der Waals surface area contributed by atoms with Crippen molar-refractivity contribution in [1.29, 1.82) is 5.26 Å². The largest absolute Gasteiger partial charge is 0.466 e. The molecule has 2 aromatic rings. The molecule has 0 aliphatic rings. The van der Waals surface area contributed by atoms with Crippen LogP contribution in [0.5, 0.6) is 0 Å². The molecule has 0 radical (unpaired) electrons. The molecule has 0 spiro atoms. The number of aryl methyl sites for hydroxylation is 1. The Kier molecular flexibility index (Phi) is 9.33. The molecule has 6 nitrogen and oxygen atoms in total. The van der Waals surface area contributed by atoms with E-state index in [-0.39, 0.29) is 29.8 Å². The first-order valence-electron chi connectivity index (χ1n) is 9.38. The van der Waals surface area contributed by atoms with E-state index in [0.29, 0.717) is 24.3 Å². The van der Waals surface area contributed by atoms with Crippen LogP contribution in [0.25, 0.3) is 0 Å². The van der Waals surface area contributed by atoms with Gasteiger partial charge in [-0.1, -0.05) is 42.5 Å². The SMILES string of the molecule is N#Cc1ccccc1NC(=S)NC(=O)CCCC(=O)OCCCc1ccccc1. The summed E-state index contributed by atoms with van der Waals surface area (Å²) in [5, 5.41) is 14.5. The molecule has 0 saturated heterocycles. The Morgan fingerprint density at radius 2 is 1.72 bits per heavy atom. The maximum Gasteiger partial charge on any atom is 0.305 e. The summed E-state index contributed by atoms with van der Waals surface area (Å²) >= 11 is 5.09. The fraction of sp³-hybridized carbons (Fsp3) is 0.273. The van der Waals surface area contributed by atoms with Crippen molar-refractivity contribution < 1.29 is 14.3 Å². The van der Waals surface area contributed by atoms with Crippen LogP contribution in [0.15, 0.2) is 54.6 Å². The number of thiocarbonyl (C=S) groups is 1. The van der Waals surface area contributed by atoms with Gasteiger partial charge in [0.15, 0.2) is 5.11 Å². The van der Waals surface area contributed by atoms with Gasteiger partial charge < -0.3 is 15.4 Å². The number of nitrogens with zero attached hydrogens (tertiary/aromatic N) is 1. The molecule has 1 amide bonds. The monoisotopic (exact) mass is 409 g/mol. The second kappa shape index (κ2) is 12.3. The van der Waals surface area contributed by atoms with Gasteiger partial charge >= 0.3 is 5.97 Å². The topological polar surface area (TPSA) is 91.2 Å². The third-order valence-corrected chi connectivity index (χ3v) is 4.25. The van der Waals surface area contributed by atoms with Crippen molar-refractivity contribution in [2.45, 2.75) is 32.1 Å². The minimum atomic E-state index is -0.311. The lowest BCUT2D eigenvalue weighted by Gasteiger charge is -2.10. The van der Waals surface area contributed by atoms with E-state index in [4.69, 9.17) is 22.2 Å². The van der Waals surface area contributed by atoms with Crippen LogP contribution in [0, 0.1) is 11.3 Å². The zero-order valence-corrected chi connectivity index (χ0v) is 16.8. The highest BCUT2D eigenvalue weighted by atomic mass is 32.1. The molecule has 150 valence electrons. The summed E-state index contributed by atoms with van der Waals surface area (Å²) < 4.78 is 5.19. The molecule has 0 aliphatic carbocycles. The van der Waals surface area contributed by atoms with Gasteiger partial charge in [-0.3, -0.25) is 9.59 Å². The maximum absolute atomic E-state index is 11.9. The number of nitrogens with one attached hydrogen (secondary N) is 2. The summed E-state index contributed by atoms with van der Waals surface area (Å²) in [5.41, 5.74) is 2.17. The number of carbonyl (C=O) groups excluding carboxylic acids is 2. The van der Waals surface area contributed by atoms with Crippen molar-refractivity contribution in [3.8, 4) is 6.07 Å². The maximum atomic E-state index is 11.9. The third-order valence-electron chi connectivity index (χ3n) is 4.05. The van der Waals surface area contributed by atoms with Crippen LogP contribution in [0.3, 0.4) is 0 Å². The quantitative estimate of drug-likeness (QED) is 0.373. The van der Waals surface area contributed by atoms with Gasteiger partial charge in [0.05, 0.1) is 17.9 Å². The number of anilines is 1. The lowest BCUT2D eigenvalue weighted by atomic mass is 10.1. The molecule has 0 atom stereocenters. The summed E-state index contributed by atoms with van der Waals surface area (Å²) in [7, 11) is 0. The molecule has 0 saturated carbocycles. The van der Waals surface area contributed by atoms with Crippen LogP contribution in [-0.4, -0.2) is 23.6 Å². The second-order valence-electron chi connectivity index (χ2n) is 6.32. The molecule has 2 N–H and O–H groups in total. The zero-order valence-electron chi connectivity index (χ0n) is 16.0. The minimum Gasteiger partial charge on any atom is -0.466 e. The Morgan fingerprint density at radius 1 is 1.00 bits per heavy atom. The van der Waals surface area contributed by atoms with Crippen molar-refractivity contribution in [2.75, 3.05) is 11.9 Å². The van der Waals surface area contributed by atoms with Crippen molar-refractivity contribution in [3.05, 3.63) is 65.7 Å². The van der Waals surface area contributed by atoms with Gasteiger partial charge in [-0.2, -0.15) is 5.26 Å². The Hall–Kier alpha value is -3.24. The summed E-state index contributed by atoms with van der Waals surface area (Å²) in [4.78, 5) is 23.7. The molecule has 2 rings (SSSR count). The van der Waals surface area contributed by atoms with Crippen LogP contribution in [0.4, 0.5) is 5.69 Å². The number of benzene rings is 2. The smallest absolute Gasteiger partial charge is 0.305 e. The van der Waals surface area contributed by atoms with Crippen molar-refractivity contribution in [2.24, 2.45) is 0 Å². The first-order chi connectivity index (χ1) is 14.1. The summed E-state index contributed by atoms with van der Waals surface area (Å²) in [6.07, 6.45) is 2.33. The molecule has 0 aromatic heterocycles. The van der Waals surface area contributed by atoms with E-state index in [1.807, 2.05) is 36.4 Å². The number of nitriles is 1. The predicted molar refractivity (Wildman–Crippen MR) is 115 cm³/mol. The number of esters is 1. The molecular weight excluding hydrogens is 386 g/mol. The average molecular weight is 410 g/mol. The zero-order chi connectivity index (χ0) is 20.9. The molecule has 0 unspecified atom stereocenters. The fourth-order valence-corrected chi connectivity index (χ4v) is 2.83. The molecule has 29 heavy (non-hydrogen) atoms. The van der Waals surface area contributed by atoms with Crippen molar-refractivity contribution >= 4 is 34.9 Å². The van der Waals surface area contributed by atoms with Gasteiger partial charge in [0.25, 0.3) is 0 Å². The standard InChI is InChI=1S/C22H23N3O3S/c23-16-18-11-4-5-12-19(18)24-22(29)25-20(26)13-6-14-21(27)28-15-7-10-17-8-2-1-3-9-17/h1-5,8-9,11-12H,6-7,10,13-15H2,(H2,24,25,26,29). The van der Waals surface area contributed by atoms with Crippen LogP contribution in [-0.2, 0) is 20.7 Å². The Bertz CT molecular complexity index is 878. The molecular formula is C22H23N3O3S. The van der Waals surface area contributed by atoms with Gasteiger partial charge in [0, 0.05) is 12.8 Å². The lowest BCUT2D eigenvalue weighted by Crippen LogP contribution is -2.34. The van der Waals surface area contributed by atoms with Crippen LogP contribution < -0.4 is 10.6 Å². The van der Waals surface area contributed by atoms with E-state index >= 15 is 0 Å². The third kappa shape index (κ3) is 8.54. The Labute approximate surface area is 175 Å². The predicted octanol–water partition coefficient (Wildman–Crippen LogP) is 3.72. The average Bonchev–Trinajstić information content (AvgIpc) is 2.72.